The van der Waals surface area contributed by atoms with Crippen LogP contribution in [0.3, 0.4) is 0 Å². The quantitative estimate of drug-likeness (QED) is 0.521. The summed E-state index contributed by atoms with van der Waals surface area (Å²) in [6.07, 6.45) is 2.04. The van der Waals surface area contributed by atoms with E-state index >= 15 is 0 Å². The fraction of sp³-hybridized carbons (Fsp3) is 0.565. The molecule has 1 fully saturated rings. The Morgan fingerprint density at radius 1 is 1.24 bits per heavy atom. The van der Waals surface area contributed by atoms with Crippen molar-refractivity contribution in [2.75, 3.05) is 26.3 Å². The number of benzene rings is 1. The maximum atomic E-state index is 5.69. The smallest absolute Gasteiger partial charge is 0.191 e. The largest absolute Gasteiger partial charge is 0.381 e. The van der Waals surface area contributed by atoms with E-state index in [9.17, 15) is 0 Å². The highest BCUT2D eigenvalue weighted by Gasteiger charge is 2.35. The van der Waals surface area contributed by atoms with Gasteiger partial charge in [-0.1, -0.05) is 38.1 Å². The highest BCUT2D eigenvalue weighted by molar-refractivity contribution is 7.09. The summed E-state index contributed by atoms with van der Waals surface area (Å²) in [5, 5.41) is 10.2. The van der Waals surface area contributed by atoms with Gasteiger partial charge in [-0.25, -0.2) is 9.98 Å². The minimum Gasteiger partial charge on any atom is -0.381 e. The number of rotatable bonds is 7. The first kappa shape index (κ1) is 21.8. The molecule has 0 unspecified atom stereocenters. The first-order valence-electron chi connectivity index (χ1n) is 10.6. The molecule has 3 rings (SSSR count). The number of thiazole rings is 1. The molecule has 1 aromatic heterocycles. The summed E-state index contributed by atoms with van der Waals surface area (Å²) in [6.45, 7) is 12.6. The van der Waals surface area contributed by atoms with Gasteiger partial charge in [0.05, 0.1) is 12.2 Å². The van der Waals surface area contributed by atoms with E-state index in [-0.39, 0.29) is 5.41 Å². The zero-order valence-electron chi connectivity index (χ0n) is 18.1. The molecule has 5 nitrogen and oxygen atoms in total. The Kier molecular flexibility index (Phi) is 7.67. The number of hydrogen-bond donors (Lipinski definition) is 2. The monoisotopic (exact) mass is 414 g/mol. The first-order valence-corrected chi connectivity index (χ1v) is 11.5. The number of hydrogen-bond acceptors (Lipinski definition) is 4. The van der Waals surface area contributed by atoms with Gasteiger partial charge in [0, 0.05) is 37.1 Å². The van der Waals surface area contributed by atoms with Crippen LogP contribution in [0.2, 0.25) is 0 Å². The summed E-state index contributed by atoms with van der Waals surface area (Å²) in [5.41, 5.74) is 4.00. The minimum absolute atomic E-state index is 0.0752. The number of guanidine groups is 1. The van der Waals surface area contributed by atoms with Crippen molar-refractivity contribution in [3.63, 3.8) is 0 Å². The minimum atomic E-state index is 0.0752. The molecule has 0 amide bonds. The predicted molar refractivity (Wildman–Crippen MR) is 122 cm³/mol. The fourth-order valence-electron chi connectivity index (χ4n) is 3.88. The normalized spacial score (nSPS) is 16.8. The highest BCUT2D eigenvalue weighted by Crippen LogP contribution is 2.36. The number of nitrogens with zero attached hydrogens (tertiary/aromatic N) is 2. The second-order valence-electron chi connectivity index (χ2n) is 8.08. The molecule has 0 atom stereocenters. The van der Waals surface area contributed by atoms with Crippen LogP contribution < -0.4 is 10.6 Å². The SMILES string of the molecule is CCNC(=NCc1nc(C(C)C)cs1)NCC1(c2ccccc2C)CCOCC1. The zero-order chi connectivity index (χ0) is 20.7. The molecule has 2 aromatic rings. The summed E-state index contributed by atoms with van der Waals surface area (Å²) >= 11 is 1.69. The Labute approximate surface area is 179 Å². The zero-order valence-corrected chi connectivity index (χ0v) is 18.9. The number of nitrogens with one attached hydrogen (secondary N) is 2. The summed E-state index contributed by atoms with van der Waals surface area (Å²) in [5.74, 6) is 1.31. The third-order valence-electron chi connectivity index (χ3n) is 5.64. The lowest BCUT2D eigenvalue weighted by atomic mass is 9.72. The van der Waals surface area contributed by atoms with E-state index in [4.69, 9.17) is 14.7 Å². The van der Waals surface area contributed by atoms with E-state index in [1.165, 1.54) is 11.1 Å². The van der Waals surface area contributed by atoms with Crippen LogP contribution in [-0.2, 0) is 16.7 Å². The molecular formula is C23H34N4OS. The van der Waals surface area contributed by atoms with Crippen LogP contribution in [0.5, 0.6) is 0 Å². The van der Waals surface area contributed by atoms with Crippen LogP contribution in [0.4, 0.5) is 0 Å². The molecule has 2 heterocycles. The van der Waals surface area contributed by atoms with Crippen LogP contribution in [0.25, 0.3) is 0 Å². The summed E-state index contributed by atoms with van der Waals surface area (Å²) < 4.78 is 5.69. The van der Waals surface area contributed by atoms with Gasteiger partial charge in [-0.2, -0.15) is 0 Å². The van der Waals surface area contributed by atoms with Crippen molar-refractivity contribution in [3.8, 4) is 0 Å². The average Bonchev–Trinajstić information content (AvgIpc) is 3.20. The van der Waals surface area contributed by atoms with Gasteiger partial charge in [-0.15, -0.1) is 11.3 Å². The van der Waals surface area contributed by atoms with E-state index in [0.29, 0.717) is 12.5 Å². The van der Waals surface area contributed by atoms with Gasteiger partial charge in [0.2, 0.25) is 0 Å². The maximum Gasteiger partial charge on any atom is 0.191 e. The van der Waals surface area contributed by atoms with E-state index in [1.54, 1.807) is 11.3 Å². The summed E-state index contributed by atoms with van der Waals surface area (Å²) in [6, 6.07) is 8.74. The fourth-order valence-corrected chi connectivity index (χ4v) is 4.75. The van der Waals surface area contributed by atoms with Crippen molar-refractivity contribution in [2.45, 2.75) is 58.4 Å². The van der Waals surface area contributed by atoms with E-state index in [1.807, 2.05) is 0 Å². The first-order chi connectivity index (χ1) is 14.0. The molecular weight excluding hydrogens is 380 g/mol. The molecule has 1 aromatic carbocycles. The van der Waals surface area contributed by atoms with Crippen molar-refractivity contribution in [1.82, 2.24) is 15.6 Å². The van der Waals surface area contributed by atoms with Gasteiger partial charge >= 0.3 is 0 Å². The Bertz CT molecular complexity index is 809. The second kappa shape index (κ2) is 10.2. The van der Waals surface area contributed by atoms with E-state index < -0.39 is 0 Å². The molecule has 1 aliphatic rings. The molecule has 0 bridgehead atoms. The molecule has 158 valence electrons. The molecule has 2 N–H and O–H groups in total. The van der Waals surface area contributed by atoms with Gasteiger partial charge in [0.25, 0.3) is 0 Å². The molecule has 1 aliphatic heterocycles. The van der Waals surface area contributed by atoms with Gasteiger partial charge in [-0.05, 0) is 43.7 Å². The van der Waals surface area contributed by atoms with E-state index in [0.717, 1.165) is 55.8 Å². The lowest BCUT2D eigenvalue weighted by molar-refractivity contribution is 0.0512. The Morgan fingerprint density at radius 2 is 2.00 bits per heavy atom. The van der Waals surface area contributed by atoms with Crippen molar-refractivity contribution < 1.29 is 4.74 Å². The third-order valence-corrected chi connectivity index (χ3v) is 6.49. The average molecular weight is 415 g/mol. The molecule has 29 heavy (non-hydrogen) atoms. The second-order valence-corrected chi connectivity index (χ2v) is 9.02. The van der Waals surface area contributed by atoms with Crippen LogP contribution in [0, 0.1) is 6.92 Å². The number of ether oxygens (including phenoxy) is 1. The molecule has 0 radical (unpaired) electrons. The number of aryl methyl sites for hydroxylation is 1. The molecule has 0 saturated carbocycles. The summed E-state index contributed by atoms with van der Waals surface area (Å²) in [4.78, 5) is 9.50. The molecule has 0 aliphatic carbocycles. The number of aromatic nitrogens is 1. The topological polar surface area (TPSA) is 58.5 Å². The van der Waals surface area contributed by atoms with Crippen molar-refractivity contribution in [1.29, 1.82) is 0 Å². The molecule has 6 heteroatoms. The van der Waals surface area contributed by atoms with Crippen molar-refractivity contribution in [3.05, 3.63) is 51.5 Å². The third kappa shape index (κ3) is 5.58. The van der Waals surface area contributed by atoms with Crippen LogP contribution in [0.15, 0.2) is 34.6 Å². The Morgan fingerprint density at radius 3 is 2.66 bits per heavy atom. The van der Waals surface area contributed by atoms with Gasteiger partial charge in [0.15, 0.2) is 5.96 Å². The van der Waals surface area contributed by atoms with Crippen molar-refractivity contribution in [2.24, 2.45) is 4.99 Å². The lowest BCUT2D eigenvalue weighted by Gasteiger charge is -2.39. The van der Waals surface area contributed by atoms with Gasteiger partial charge in [-0.3, -0.25) is 0 Å². The standard InChI is InChI=1S/C23H34N4OS/c1-5-24-22(25-14-21-27-20(15-29-21)17(2)3)26-16-23(10-12-28-13-11-23)19-9-7-6-8-18(19)4/h6-9,15,17H,5,10-14,16H2,1-4H3,(H2,24,25,26). The molecule has 1 saturated heterocycles. The maximum absolute atomic E-state index is 5.69. The van der Waals surface area contributed by atoms with Crippen LogP contribution >= 0.6 is 11.3 Å². The van der Waals surface area contributed by atoms with Crippen LogP contribution in [0.1, 0.15) is 61.4 Å². The Balaban J connectivity index is 1.73. The van der Waals surface area contributed by atoms with Crippen LogP contribution in [-0.4, -0.2) is 37.2 Å². The highest BCUT2D eigenvalue weighted by atomic mass is 32.1. The van der Waals surface area contributed by atoms with Gasteiger partial charge in [0.1, 0.15) is 5.01 Å². The predicted octanol–water partition coefficient (Wildman–Crippen LogP) is 4.38. The molecule has 0 spiro atoms. The summed E-state index contributed by atoms with van der Waals surface area (Å²) in [7, 11) is 0. The number of aliphatic imine (C=N–C) groups is 1. The lowest BCUT2D eigenvalue weighted by Crippen LogP contribution is -2.48. The van der Waals surface area contributed by atoms with E-state index in [2.05, 4.69) is 68.0 Å². The Hall–Kier alpha value is -1.92. The van der Waals surface area contributed by atoms with Crippen molar-refractivity contribution >= 4 is 17.3 Å². The van der Waals surface area contributed by atoms with Gasteiger partial charge < -0.3 is 15.4 Å².